The van der Waals surface area contributed by atoms with E-state index in [4.69, 9.17) is 0 Å². The maximum Gasteiger partial charge on any atom is 0.0167 e. The highest BCUT2D eigenvalue weighted by molar-refractivity contribution is 4.85. The van der Waals surface area contributed by atoms with Gasteiger partial charge in [-0.3, -0.25) is 4.90 Å². The van der Waals surface area contributed by atoms with Crippen molar-refractivity contribution in [2.45, 2.75) is 51.7 Å². The molecule has 16 heavy (non-hydrogen) atoms. The Morgan fingerprint density at radius 2 is 1.81 bits per heavy atom. The molecule has 0 radical (unpaired) electrons. The molecule has 0 amide bonds. The first kappa shape index (κ1) is 12.3. The van der Waals surface area contributed by atoms with E-state index in [1.165, 1.54) is 45.6 Å². The highest BCUT2D eigenvalue weighted by Gasteiger charge is 2.27. The maximum atomic E-state index is 3.53. The molecule has 0 saturated carbocycles. The summed E-state index contributed by atoms with van der Waals surface area (Å²) in [6.07, 6.45) is 2.73. The highest BCUT2D eigenvalue weighted by atomic mass is 15.2. The molecule has 0 aromatic rings. The number of nitrogens with zero attached hydrogens (tertiary/aromatic N) is 2. The van der Waals surface area contributed by atoms with E-state index in [1.54, 1.807) is 0 Å². The first-order chi connectivity index (χ1) is 7.66. The third-order valence-corrected chi connectivity index (χ3v) is 4.15. The monoisotopic (exact) mass is 225 g/mol. The second kappa shape index (κ2) is 5.48. The molecule has 0 aliphatic carbocycles. The smallest absolute Gasteiger partial charge is 0.0167 e. The molecule has 2 heterocycles. The molecule has 1 unspecified atom stereocenters. The van der Waals surface area contributed by atoms with E-state index in [0.717, 1.165) is 12.1 Å². The second-order valence-electron chi connectivity index (χ2n) is 5.71. The maximum absolute atomic E-state index is 3.53. The van der Waals surface area contributed by atoms with Crippen molar-refractivity contribution in [2.24, 2.45) is 0 Å². The zero-order valence-corrected chi connectivity index (χ0v) is 11.1. The molecule has 2 aliphatic heterocycles. The van der Waals surface area contributed by atoms with Crippen molar-refractivity contribution in [3.05, 3.63) is 0 Å². The third kappa shape index (κ3) is 2.96. The van der Waals surface area contributed by atoms with Crippen molar-refractivity contribution in [2.75, 3.05) is 32.7 Å². The average Bonchev–Trinajstić information content (AvgIpc) is 2.29. The Morgan fingerprint density at radius 1 is 1.12 bits per heavy atom. The second-order valence-corrected chi connectivity index (χ2v) is 5.71. The van der Waals surface area contributed by atoms with Gasteiger partial charge in [-0.25, -0.2) is 0 Å². The lowest BCUT2D eigenvalue weighted by atomic mass is 10.0. The predicted octanol–water partition coefficient (Wildman–Crippen LogP) is 1.15. The lowest BCUT2D eigenvalue weighted by Gasteiger charge is -2.43. The van der Waals surface area contributed by atoms with E-state index < -0.39 is 0 Å². The number of piperidine rings is 1. The molecule has 94 valence electrons. The van der Waals surface area contributed by atoms with E-state index >= 15 is 0 Å². The van der Waals surface area contributed by atoms with Crippen LogP contribution in [0.3, 0.4) is 0 Å². The molecule has 2 rings (SSSR count). The van der Waals surface area contributed by atoms with Crippen LogP contribution in [-0.4, -0.2) is 60.6 Å². The number of piperazine rings is 1. The highest BCUT2D eigenvalue weighted by Crippen LogP contribution is 2.19. The number of nitrogens with one attached hydrogen (secondary N) is 1. The van der Waals surface area contributed by atoms with Crippen LogP contribution in [0.25, 0.3) is 0 Å². The zero-order valence-electron chi connectivity index (χ0n) is 11.1. The van der Waals surface area contributed by atoms with Gasteiger partial charge in [0.2, 0.25) is 0 Å². The molecule has 0 aromatic heterocycles. The number of hydrogen-bond acceptors (Lipinski definition) is 3. The molecule has 2 fully saturated rings. The van der Waals surface area contributed by atoms with Gasteiger partial charge in [0.05, 0.1) is 0 Å². The van der Waals surface area contributed by atoms with E-state index in [0.29, 0.717) is 6.04 Å². The van der Waals surface area contributed by atoms with Gasteiger partial charge in [-0.1, -0.05) is 0 Å². The Kier molecular flexibility index (Phi) is 4.22. The van der Waals surface area contributed by atoms with E-state index in [-0.39, 0.29) is 0 Å². The summed E-state index contributed by atoms with van der Waals surface area (Å²) in [5, 5.41) is 3.53. The third-order valence-electron chi connectivity index (χ3n) is 4.15. The molecule has 1 N–H and O–H groups in total. The lowest BCUT2D eigenvalue weighted by molar-refractivity contribution is 0.0742. The first-order valence-corrected chi connectivity index (χ1v) is 6.88. The van der Waals surface area contributed by atoms with Crippen molar-refractivity contribution < 1.29 is 0 Å². The van der Waals surface area contributed by atoms with Gasteiger partial charge in [-0.2, -0.15) is 0 Å². The van der Waals surface area contributed by atoms with Gasteiger partial charge in [0, 0.05) is 37.8 Å². The van der Waals surface area contributed by atoms with Crippen LogP contribution in [0.5, 0.6) is 0 Å². The summed E-state index contributed by atoms with van der Waals surface area (Å²) in [6, 6.07) is 2.25. The number of rotatable bonds is 2. The van der Waals surface area contributed by atoms with Crippen molar-refractivity contribution in [1.82, 2.24) is 15.1 Å². The van der Waals surface area contributed by atoms with Crippen molar-refractivity contribution >= 4 is 0 Å². The summed E-state index contributed by atoms with van der Waals surface area (Å²) >= 11 is 0. The minimum Gasteiger partial charge on any atom is -0.312 e. The number of likely N-dealkylation sites (tertiary alicyclic amines) is 1. The van der Waals surface area contributed by atoms with Gasteiger partial charge < -0.3 is 10.2 Å². The van der Waals surface area contributed by atoms with Gasteiger partial charge in [0.1, 0.15) is 0 Å². The molecule has 3 nitrogen and oxygen atoms in total. The largest absolute Gasteiger partial charge is 0.312 e. The van der Waals surface area contributed by atoms with Crippen LogP contribution in [-0.2, 0) is 0 Å². The minimum atomic E-state index is 0.678. The van der Waals surface area contributed by atoms with Crippen molar-refractivity contribution in [3.63, 3.8) is 0 Å². The average molecular weight is 225 g/mol. The molecule has 0 aromatic carbocycles. The fourth-order valence-electron chi connectivity index (χ4n) is 3.06. The van der Waals surface area contributed by atoms with Gasteiger partial charge in [-0.05, 0) is 46.7 Å². The van der Waals surface area contributed by atoms with Crippen LogP contribution in [0.1, 0.15) is 33.6 Å². The van der Waals surface area contributed by atoms with E-state index in [9.17, 15) is 0 Å². The predicted molar refractivity (Wildman–Crippen MR) is 68.8 cm³/mol. The molecule has 2 aliphatic rings. The molecule has 1 atom stereocenters. The summed E-state index contributed by atoms with van der Waals surface area (Å²) in [7, 11) is 0. The number of hydrogen-bond donors (Lipinski definition) is 1. The molecule has 3 heteroatoms. The SMILES string of the molecule is CC1CN(C2CCN(C(C)C)CC2)CCN1. The Bertz CT molecular complexity index is 209. The summed E-state index contributed by atoms with van der Waals surface area (Å²) in [6.45, 7) is 13.2. The molecule has 0 spiro atoms. The lowest BCUT2D eigenvalue weighted by Crippen LogP contribution is -2.55. The quantitative estimate of drug-likeness (QED) is 0.760. The van der Waals surface area contributed by atoms with Gasteiger partial charge in [-0.15, -0.1) is 0 Å². The van der Waals surface area contributed by atoms with Crippen LogP contribution in [0.4, 0.5) is 0 Å². The normalized spacial score (nSPS) is 31.1. The first-order valence-electron chi connectivity index (χ1n) is 6.88. The fourth-order valence-corrected chi connectivity index (χ4v) is 3.06. The Labute approximate surface area is 100 Å². The standard InChI is InChI=1S/C13H27N3/c1-11(2)15-7-4-13(5-8-15)16-9-6-14-12(3)10-16/h11-14H,4-10H2,1-3H3. The summed E-state index contributed by atoms with van der Waals surface area (Å²) in [4.78, 5) is 5.32. The van der Waals surface area contributed by atoms with Gasteiger partial charge in [0.25, 0.3) is 0 Å². The fraction of sp³-hybridized carbons (Fsp3) is 1.00. The van der Waals surface area contributed by atoms with Crippen LogP contribution < -0.4 is 5.32 Å². The minimum absolute atomic E-state index is 0.678. The van der Waals surface area contributed by atoms with Crippen LogP contribution in [0, 0.1) is 0 Å². The van der Waals surface area contributed by atoms with E-state index in [1.807, 2.05) is 0 Å². The van der Waals surface area contributed by atoms with Gasteiger partial charge in [0.15, 0.2) is 0 Å². The molecule has 2 saturated heterocycles. The Morgan fingerprint density at radius 3 is 2.38 bits per heavy atom. The summed E-state index contributed by atoms with van der Waals surface area (Å²) < 4.78 is 0. The topological polar surface area (TPSA) is 18.5 Å². The van der Waals surface area contributed by atoms with Gasteiger partial charge >= 0.3 is 0 Å². The van der Waals surface area contributed by atoms with Crippen molar-refractivity contribution in [1.29, 1.82) is 0 Å². The Balaban J connectivity index is 1.79. The summed E-state index contributed by atoms with van der Waals surface area (Å²) in [5.41, 5.74) is 0. The molecular formula is C13H27N3. The van der Waals surface area contributed by atoms with Crippen LogP contribution >= 0.6 is 0 Å². The Hall–Kier alpha value is -0.120. The van der Waals surface area contributed by atoms with Crippen molar-refractivity contribution in [3.8, 4) is 0 Å². The zero-order chi connectivity index (χ0) is 11.5. The van der Waals surface area contributed by atoms with Crippen LogP contribution in [0.15, 0.2) is 0 Å². The molecular weight excluding hydrogens is 198 g/mol. The molecule has 0 bridgehead atoms. The van der Waals surface area contributed by atoms with E-state index in [2.05, 4.69) is 35.9 Å². The summed E-state index contributed by atoms with van der Waals surface area (Å²) in [5.74, 6) is 0. The van der Waals surface area contributed by atoms with Crippen LogP contribution in [0.2, 0.25) is 0 Å².